The molecule has 0 spiro atoms. The summed E-state index contributed by atoms with van der Waals surface area (Å²) in [7, 11) is -3.75. The average molecular weight is 402 g/mol. The number of aromatic nitrogens is 4. The topological polar surface area (TPSA) is 148 Å². The van der Waals surface area contributed by atoms with Gasteiger partial charge in [-0.25, -0.2) is 13.6 Å². The van der Waals surface area contributed by atoms with Crippen LogP contribution < -0.4 is 15.4 Å². The highest BCUT2D eigenvalue weighted by atomic mass is 32.2. The van der Waals surface area contributed by atoms with Gasteiger partial charge >= 0.3 is 0 Å². The number of piperidine rings is 1. The minimum Gasteiger partial charge on any atom is -0.354 e. The van der Waals surface area contributed by atoms with Crippen LogP contribution >= 0.6 is 0 Å². The monoisotopic (exact) mass is 402 g/mol. The highest BCUT2D eigenvalue weighted by Crippen LogP contribution is 2.25. The zero-order valence-corrected chi connectivity index (χ0v) is 15.6. The molecule has 1 unspecified atom stereocenters. The number of nitrogens with zero attached hydrogens (tertiary/aromatic N) is 6. The van der Waals surface area contributed by atoms with Crippen molar-refractivity contribution in [2.75, 3.05) is 23.3 Å². The third-order valence-electron chi connectivity index (χ3n) is 4.56. The van der Waals surface area contributed by atoms with Crippen molar-refractivity contribution in [2.24, 2.45) is 10.3 Å². The molecule has 28 heavy (non-hydrogen) atoms. The molecule has 1 aromatic carbocycles. The van der Waals surface area contributed by atoms with Crippen LogP contribution in [0.5, 0.6) is 0 Å². The van der Waals surface area contributed by atoms with Crippen molar-refractivity contribution in [1.82, 2.24) is 19.6 Å². The third-order valence-corrected chi connectivity index (χ3v) is 5.49. The van der Waals surface area contributed by atoms with Crippen LogP contribution in [-0.2, 0) is 10.0 Å². The minimum absolute atomic E-state index is 0.0279. The predicted molar refractivity (Wildman–Crippen MR) is 103 cm³/mol. The summed E-state index contributed by atoms with van der Waals surface area (Å²) in [4.78, 5) is 21.6. The lowest BCUT2D eigenvalue weighted by Gasteiger charge is -2.30. The molecule has 11 nitrogen and oxygen atoms in total. The molecule has 3 heterocycles. The molecular weight excluding hydrogens is 384 g/mol. The van der Waals surface area contributed by atoms with Gasteiger partial charge in [0.1, 0.15) is 24.0 Å². The molecule has 4 rings (SSSR count). The van der Waals surface area contributed by atoms with Gasteiger partial charge in [-0.15, -0.1) is 0 Å². The van der Waals surface area contributed by atoms with Crippen LogP contribution in [0.25, 0.3) is 5.78 Å². The number of benzene rings is 1. The Hall–Kier alpha value is -3.12. The van der Waals surface area contributed by atoms with Crippen LogP contribution in [0, 0.1) is 4.91 Å². The normalized spacial score (nSPS) is 17.6. The van der Waals surface area contributed by atoms with Crippen molar-refractivity contribution >= 4 is 33.1 Å². The van der Waals surface area contributed by atoms with Gasteiger partial charge in [-0.2, -0.15) is 24.5 Å². The molecule has 0 radical (unpaired) electrons. The molecule has 12 heteroatoms. The summed E-state index contributed by atoms with van der Waals surface area (Å²) in [5.74, 6) is 1.67. The number of anilines is 3. The van der Waals surface area contributed by atoms with Gasteiger partial charge in [0.05, 0.1) is 4.90 Å². The van der Waals surface area contributed by atoms with Crippen molar-refractivity contribution in [3.05, 3.63) is 41.6 Å². The van der Waals surface area contributed by atoms with Crippen molar-refractivity contribution in [1.29, 1.82) is 0 Å². The van der Waals surface area contributed by atoms with Crippen LogP contribution in [0.3, 0.4) is 0 Å². The smallest absolute Gasteiger partial charge is 0.256 e. The van der Waals surface area contributed by atoms with Crippen LogP contribution in [-0.4, -0.2) is 47.1 Å². The average Bonchev–Trinajstić information content (AvgIpc) is 3.17. The first-order valence-electron chi connectivity index (χ1n) is 8.62. The number of primary sulfonamides is 1. The van der Waals surface area contributed by atoms with E-state index in [0.717, 1.165) is 19.4 Å². The quantitative estimate of drug-likeness (QED) is 0.606. The fourth-order valence-corrected chi connectivity index (χ4v) is 3.69. The molecule has 0 bridgehead atoms. The summed E-state index contributed by atoms with van der Waals surface area (Å²) in [6.07, 6.45) is 3.02. The molecule has 1 aliphatic rings. The van der Waals surface area contributed by atoms with E-state index in [0.29, 0.717) is 29.6 Å². The lowest BCUT2D eigenvalue weighted by molar-refractivity contribution is 0.502. The maximum absolute atomic E-state index is 11.4. The first kappa shape index (κ1) is 18.3. The van der Waals surface area contributed by atoms with Crippen molar-refractivity contribution in [3.8, 4) is 0 Å². The Labute approximate surface area is 160 Å². The Kier molecular flexibility index (Phi) is 4.65. The second-order valence-corrected chi connectivity index (χ2v) is 8.07. The van der Waals surface area contributed by atoms with E-state index in [1.165, 1.54) is 23.0 Å². The Bertz CT molecular complexity index is 1110. The first-order chi connectivity index (χ1) is 13.4. The molecule has 0 amide bonds. The van der Waals surface area contributed by atoms with Crippen LogP contribution in [0.15, 0.2) is 46.7 Å². The van der Waals surface area contributed by atoms with Gasteiger partial charge in [-0.1, -0.05) is 5.18 Å². The Balaban J connectivity index is 1.66. The maximum atomic E-state index is 11.4. The number of sulfonamides is 1. The molecule has 1 saturated heterocycles. The lowest BCUT2D eigenvalue weighted by Crippen LogP contribution is -2.38. The highest BCUT2D eigenvalue weighted by Gasteiger charge is 2.23. The molecule has 1 aliphatic heterocycles. The van der Waals surface area contributed by atoms with Gasteiger partial charge in [0.25, 0.3) is 5.78 Å². The van der Waals surface area contributed by atoms with E-state index < -0.39 is 10.0 Å². The molecule has 3 N–H and O–H groups in total. The fraction of sp³-hybridized carbons (Fsp3) is 0.312. The van der Waals surface area contributed by atoms with Crippen molar-refractivity contribution < 1.29 is 8.42 Å². The van der Waals surface area contributed by atoms with Crippen LogP contribution in [0.1, 0.15) is 12.8 Å². The Morgan fingerprint density at radius 2 is 2.04 bits per heavy atom. The highest BCUT2D eigenvalue weighted by molar-refractivity contribution is 7.89. The number of nitroso groups, excluding NO2 is 1. The molecule has 146 valence electrons. The Morgan fingerprint density at radius 3 is 2.75 bits per heavy atom. The second kappa shape index (κ2) is 7.13. The fourth-order valence-electron chi connectivity index (χ4n) is 3.18. The number of nitrogens with two attached hydrogens (primary N) is 1. The van der Waals surface area contributed by atoms with Gasteiger partial charge in [0.15, 0.2) is 0 Å². The molecule has 0 aliphatic carbocycles. The zero-order valence-electron chi connectivity index (χ0n) is 14.8. The van der Waals surface area contributed by atoms with Crippen LogP contribution in [0.2, 0.25) is 0 Å². The SMILES string of the molecule is NS(=O)(=O)c1ccc(Nc2cc(N3CCCC(N=O)C3)nc3ncnn23)cc1. The lowest BCUT2D eigenvalue weighted by atomic mass is 10.1. The largest absolute Gasteiger partial charge is 0.354 e. The maximum Gasteiger partial charge on any atom is 0.256 e. The zero-order chi connectivity index (χ0) is 19.7. The van der Waals surface area contributed by atoms with E-state index >= 15 is 0 Å². The standard InChI is InChI=1S/C16H18N8O3S/c17-28(26,27)13-5-3-11(4-6-13)20-15-8-14(21-16-18-10-19-24(15)16)23-7-1-2-12(9-23)22-25/h3-6,8,10,12,20H,1-2,7,9H2,(H2,17,26,27). The summed E-state index contributed by atoms with van der Waals surface area (Å²) in [5, 5.41) is 15.7. The number of fused-ring (bicyclic) bond motifs is 1. The van der Waals surface area contributed by atoms with E-state index in [1.807, 2.05) is 11.0 Å². The van der Waals surface area contributed by atoms with Crippen LogP contribution in [0.4, 0.5) is 17.3 Å². The van der Waals surface area contributed by atoms with E-state index in [-0.39, 0.29) is 10.9 Å². The van der Waals surface area contributed by atoms with Gasteiger partial charge in [0, 0.05) is 24.8 Å². The molecular formula is C16H18N8O3S. The number of rotatable bonds is 5. The number of nitrogens with one attached hydrogen (secondary N) is 1. The molecule has 1 atom stereocenters. The first-order valence-corrected chi connectivity index (χ1v) is 10.2. The summed E-state index contributed by atoms with van der Waals surface area (Å²) in [6, 6.07) is 7.60. The molecule has 2 aromatic heterocycles. The number of hydrogen-bond acceptors (Lipinski definition) is 9. The van der Waals surface area contributed by atoms with Gasteiger partial charge in [-0.3, -0.25) is 0 Å². The van der Waals surface area contributed by atoms with E-state index in [2.05, 4.69) is 25.6 Å². The number of hydrogen-bond donors (Lipinski definition) is 2. The third kappa shape index (κ3) is 3.64. The van der Waals surface area contributed by atoms with E-state index in [1.54, 1.807) is 12.1 Å². The van der Waals surface area contributed by atoms with Crippen molar-refractivity contribution in [2.45, 2.75) is 23.8 Å². The van der Waals surface area contributed by atoms with Gasteiger partial charge in [-0.05, 0) is 37.1 Å². The summed E-state index contributed by atoms with van der Waals surface area (Å²) >= 11 is 0. The Morgan fingerprint density at radius 1 is 1.25 bits per heavy atom. The summed E-state index contributed by atoms with van der Waals surface area (Å²) in [6.45, 7) is 1.27. The van der Waals surface area contributed by atoms with Crippen molar-refractivity contribution in [3.63, 3.8) is 0 Å². The van der Waals surface area contributed by atoms with E-state index in [4.69, 9.17) is 5.14 Å². The molecule has 1 fully saturated rings. The molecule has 0 saturated carbocycles. The van der Waals surface area contributed by atoms with E-state index in [9.17, 15) is 13.3 Å². The second-order valence-electron chi connectivity index (χ2n) is 6.51. The minimum atomic E-state index is -3.75. The predicted octanol–water partition coefficient (Wildman–Crippen LogP) is 1.25. The van der Waals surface area contributed by atoms with Gasteiger partial charge < -0.3 is 10.2 Å². The summed E-state index contributed by atoms with van der Waals surface area (Å²) < 4.78 is 24.3. The molecule has 3 aromatic rings. The van der Waals surface area contributed by atoms with Gasteiger partial charge in [0.2, 0.25) is 10.0 Å². The summed E-state index contributed by atoms with van der Waals surface area (Å²) in [5.41, 5.74) is 0.646.